The first-order valence-corrected chi connectivity index (χ1v) is 10.0. The molecule has 152 valence electrons. The van der Waals surface area contributed by atoms with Crippen molar-refractivity contribution < 1.29 is 14.3 Å². The molecule has 2 amide bonds. The van der Waals surface area contributed by atoms with Crippen molar-refractivity contribution in [3.63, 3.8) is 0 Å². The van der Waals surface area contributed by atoms with Crippen LogP contribution < -0.4 is 15.5 Å². The Bertz CT molecular complexity index is 1050. The van der Waals surface area contributed by atoms with E-state index in [0.29, 0.717) is 22.0 Å². The highest BCUT2D eigenvalue weighted by Gasteiger charge is 2.05. The maximum Gasteiger partial charge on any atom is 0.271 e. The van der Waals surface area contributed by atoms with Crippen LogP contribution in [0.4, 0.5) is 5.69 Å². The number of benzene rings is 3. The second-order valence-electron chi connectivity index (χ2n) is 6.12. The van der Waals surface area contributed by atoms with Crippen molar-refractivity contribution in [2.45, 2.75) is 0 Å². The standard InChI is InChI=1S/C22H17BrClN3O3/c23-17-6-8-19(9-7-17)26-21(28)14-30-20-10-4-15(5-11-20)13-25-27-22(29)16-2-1-3-18(24)12-16/h1-13H,14H2,(H,26,28)(H,27,29)/b25-13-. The first-order valence-electron chi connectivity index (χ1n) is 8.87. The zero-order chi connectivity index (χ0) is 21.3. The number of hydrogen-bond donors (Lipinski definition) is 2. The quantitative estimate of drug-likeness (QED) is 0.369. The van der Waals surface area contributed by atoms with Gasteiger partial charge in [0.25, 0.3) is 11.8 Å². The lowest BCUT2D eigenvalue weighted by Crippen LogP contribution is -2.20. The van der Waals surface area contributed by atoms with Gasteiger partial charge in [0.2, 0.25) is 0 Å². The average molecular weight is 487 g/mol. The Morgan fingerprint density at radius 3 is 2.47 bits per heavy atom. The summed E-state index contributed by atoms with van der Waals surface area (Å²) in [5, 5.41) is 7.16. The van der Waals surface area contributed by atoms with Gasteiger partial charge in [-0.25, -0.2) is 5.43 Å². The van der Waals surface area contributed by atoms with E-state index in [0.717, 1.165) is 10.0 Å². The van der Waals surface area contributed by atoms with E-state index >= 15 is 0 Å². The Morgan fingerprint density at radius 2 is 1.77 bits per heavy atom. The lowest BCUT2D eigenvalue weighted by molar-refractivity contribution is -0.118. The third-order valence-electron chi connectivity index (χ3n) is 3.84. The number of halogens is 2. The molecule has 0 atom stereocenters. The fraction of sp³-hybridized carbons (Fsp3) is 0.0455. The van der Waals surface area contributed by atoms with Crippen LogP contribution in [0.5, 0.6) is 5.75 Å². The Hall–Kier alpha value is -3.16. The number of ether oxygens (including phenoxy) is 1. The average Bonchev–Trinajstić information content (AvgIpc) is 2.75. The molecule has 0 bridgehead atoms. The van der Waals surface area contributed by atoms with Gasteiger partial charge in [-0.3, -0.25) is 9.59 Å². The highest BCUT2D eigenvalue weighted by atomic mass is 79.9. The molecule has 3 aromatic rings. The van der Waals surface area contributed by atoms with Crippen molar-refractivity contribution in [1.82, 2.24) is 5.43 Å². The van der Waals surface area contributed by atoms with Gasteiger partial charge >= 0.3 is 0 Å². The number of carbonyl (C=O) groups is 2. The normalized spacial score (nSPS) is 10.6. The van der Waals surface area contributed by atoms with E-state index in [9.17, 15) is 9.59 Å². The van der Waals surface area contributed by atoms with Gasteiger partial charge in [0.05, 0.1) is 6.21 Å². The zero-order valence-corrected chi connectivity index (χ0v) is 18.0. The van der Waals surface area contributed by atoms with Crippen LogP contribution in [0.2, 0.25) is 5.02 Å². The van der Waals surface area contributed by atoms with Crippen LogP contribution in [-0.2, 0) is 4.79 Å². The van der Waals surface area contributed by atoms with Crippen molar-refractivity contribution in [3.8, 4) is 5.75 Å². The summed E-state index contributed by atoms with van der Waals surface area (Å²) >= 11 is 9.21. The molecule has 0 aliphatic rings. The number of nitrogens with zero attached hydrogens (tertiary/aromatic N) is 1. The van der Waals surface area contributed by atoms with Gasteiger partial charge in [0, 0.05) is 20.7 Å². The molecule has 0 aliphatic carbocycles. The van der Waals surface area contributed by atoms with Gasteiger partial charge in [0.1, 0.15) is 5.75 Å². The van der Waals surface area contributed by atoms with E-state index in [-0.39, 0.29) is 18.4 Å². The summed E-state index contributed by atoms with van der Waals surface area (Å²) in [6, 6.07) is 20.8. The minimum absolute atomic E-state index is 0.112. The van der Waals surface area contributed by atoms with Crippen LogP contribution in [-0.4, -0.2) is 24.6 Å². The molecule has 0 spiro atoms. The van der Waals surface area contributed by atoms with Gasteiger partial charge in [-0.15, -0.1) is 0 Å². The predicted octanol–water partition coefficient (Wildman–Crippen LogP) is 4.88. The lowest BCUT2D eigenvalue weighted by Gasteiger charge is -2.08. The third kappa shape index (κ3) is 6.72. The van der Waals surface area contributed by atoms with Crippen molar-refractivity contribution in [2.75, 3.05) is 11.9 Å². The van der Waals surface area contributed by atoms with E-state index in [1.165, 1.54) is 6.21 Å². The van der Waals surface area contributed by atoms with Gasteiger partial charge in [-0.1, -0.05) is 33.6 Å². The van der Waals surface area contributed by atoms with Crippen LogP contribution in [0.3, 0.4) is 0 Å². The van der Waals surface area contributed by atoms with Crippen LogP contribution >= 0.6 is 27.5 Å². The Labute approximate surface area is 187 Å². The largest absolute Gasteiger partial charge is 0.484 e. The number of amides is 2. The maximum absolute atomic E-state index is 12.0. The highest BCUT2D eigenvalue weighted by molar-refractivity contribution is 9.10. The van der Waals surface area contributed by atoms with Crippen molar-refractivity contribution >= 4 is 51.2 Å². The van der Waals surface area contributed by atoms with Gasteiger partial charge in [-0.05, 0) is 72.3 Å². The van der Waals surface area contributed by atoms with Crippen molar-refractivity contribution in [1.29, 1.82) is 0 Å². The minimum Gasteiger partial charge on any atom is -0.484 e. The first-order chi connectivity index (χ1) is 14.5. The molecule has 2 N–H and O–H groups in total. The fourth-order valence-electron chi connectivity index (χ4n) is 2.39. The zero-order valence-electron chi connectivity index (χ0n) is 15.6. The van der Waals surface area contributed by atoms with E-state index in [1.807, 2.05) is 12.1 Å². The molecule has 6 nitrogen and oxygen atoms in total. The molecule has 0 fully saturated rings. The summed E-state index contributed by atoms with van der Waals surface area (Å²) in [7, 11) is 0. The molecular formula is C22H17BrClN3O3. The molecular weight excluding hydrogens is 470 g/mol. The number of hydrogen-bond acceptors (Lipinski definition) is 4. The maximum atomic E-state index is 12.0. The van der Waals surface area contributed by atoms with Crippen molar-refractivity contribution in [2.24, 2.45) is 5.10 Å². The van der Waals surface area contributed by atoms with E-state index in [1.54, 1.807) is 60.7 Å². The minimum atomic E-state index is -0.356. The predicted molar refractivity (Wildman–Crippen MR) is 121 cm³/mol. The second-order valence-corrected chi connectivity index (χ2v) is 7.47. The number of hydrazone groups is 1. The topological polar surface area (TPSA) is 79.8 Å². The number of carbonyl (C=O) groups excluding carboxylic acids is 2. The monoisotopic (exact) mass is 485 g/mol. The molecule has 8 heteroatoms. The molecule has 3 rings (SSSR count). The lowest BCUT2D eigenvalue weighted by atomic mass is 10.2. The number of nitrogens with one attached hydrogen (secondary N) is 2. The van der Waals surface area contributed by atoms with Crippen LogP contribution in [0.1, 0.15) is 15.9 Å². The molecule has 0 heterocycles. The molecule has 0 unspecified atom stereocenters. The van der Waals surface area contributed by atoms with Gasteiger partial charge < -0.3 is 10.1 Å². The summed E-state index contributed by atoms with van der Waals surface area (Å²) < 4.78 is 6.42. The number of rotatable bonds is 7. The molecule has 30 heavy (non-hydrogen) atoms. The molecule has 0 saturated carbocycles. The van der Waals surface area contributed by atoms with Crippen LogP contribution in [0.25, 0.3) is 0 Å². The second kappa shape index (κ2) is 10.6. The summed E-state index contributed by atoms with van der Waals surface area (Å²) in [5.74, 6) is -0.0711. The molecule has 0 radical (unpaired) electrons. The Kier molecular flexibility index (Phi) is 7.59. The molecule has 0 aromatic heterocycles. The van der Waals surface area contributed by atoms with Gasteiger partial charge in [-0.2, -0.15) is 5.10 Å². The third-order valence-corrected chi connectivity index (χ3v) is 4.61. The van der Waals surface area contributed by atoms with Gasteiger partial charge in [0.15, 0.2) is 6.61 Å². The summed E-state index contributed by atoms with van der Waals surface area (Å²) in [6.45, 7) is -0.112. The molecule has 3 aromatic carbocycles. The summed E-state index contributed by atoms with van der Waals surface area (Å²) in [4.78, 5) is 24.0. The summed E-state index contributed by atoms with van der Waals surface area (Å²) in [6.07, 6.45) is 1.51. The van der Waals surface area contributed by atoms with Crippen molar-refractivity contribution in [3.05, 3.63) is 93.4 Å². The first kappa shape index (κ1) is 21.5. The van der Waals surface area contributed by atoms with Crippen LogP contribution in [0, 0.1) is 0 Å². The Balaban J connectivity index is 1.46. The SMILES string of the molecule is O=C(COc1ccc(/C=N\NC(=O)c2cccc(Cl)c2)cc1)Nc1ccc(Br)cc1. The highest BCUT2D eigenvalue weighted by Crippen LogP contribution is 2.15. The van der Waals surface area contributed by atoms with Crippen LogP contribution in [0.15, 0.2) is 82.4 Å². The van der Waals surface area contributed by atoms with E-state index < -0.39 is 0 Å². The van der Waals surface area contributed by atoms with E-state index in [4.69, 9.17) is 16.3 Å². The fourth-order valence-corrected chi connectivity index (χ4v) is 2.84. The molecule has 0 saturated heterocycles. The summed E-state index contributed by atoms with van der Waals surface area (Å²) in [5.41, 5.74) is 4.31. The van der Waals surface area contributed by atoms with E-state index in [2.05, 4.69) is 31.8 Å². The smallest absolute Gasteiger partial charge is 0.271 e. The Morgan fingerprint density at radius 1 is 1.03 bits per heavy atom. The molecule has 0 aliphatic heterocycles. The number of anilines is 1.